The zero-order valence-corrected chi connectivity index (χ0v) is 21.5. The molecule has 1 aromatic rings. The fourth-order valence-electron chi connectivity index (χ4n) is 2.36. The van der Waals surface area contributed by atoms with Gasteiger partial charge in [-0.05, 0) is 65.7 Å². The van der Waals surface area contributed by atoms with E-state index in [4.69, 9.17) is 15.2 Å². The molecule has 0 bridgehead atoms. The van der Waals surface area contributed by atoms with E-state index in [2.05, 4.69) is 34.2 Å². The van der Waals surface area contributed by atoms with Crippen LogP contribution in [0.25, 0.3) is 0 Å². The molecule has 8 nitrogen and oxygen atoms in total. The average molecular weight is 544 g/mol. The highest BCUT2D eigenvalue weighted by Crippen LogP contribution is 2.25. The van der Waals surface area contributed by atoms with Crippen LogP contribution in [0.15, 0.2) is 36.0 Å². The largest absolute Gasteiger partial charge is 0.443 e. The van der Waals surface area contributed by atoms with Crippen molar-refractivity contribution in [3.05, 3.63) is 42.1 Å². The summed E-state index contributed by atoms with van der Waals surface area (Å²) in [5.74, 6) is 0.292. The molecule has 1 rings (SSSR count). The lowest BCUT2D eigenvalue weighted by molar-refractivity contribution is -0.000267. The van der Waals surface area contributed by atoms with Crippen molar-refractivity contribution < 1.29 is 19.1 Å². The first-order chi connectivity index (χ1) is 14.2. The Morgan fingerprint density at radius 2 is 1.65 bits per heavy atom. The van der Waals surface area contributed by atoms with Crippen LogP contribution in [0.2, 0.25) is 0 Å². The lowest BCUT2D eigenvalue weighted by atomic mass is 10.1. The van der Waals surface area contributed by atoms with E-state index in [1.165, 1.54) is 0 Å². The van der Waals surface area contributed by atoms with Crippen LogP contribution in [0.1, 0.15) is 52.7 Å². The van der Waals surface area contributed by atoms with E-state index in [1.807, 2.05) is 19.1 Å². The number of benzene rings is 1. The van der Waals surface area contributed by atoms with E-state index in [-0.39, 0.29) is 6.54 Å². The Balaban J connectivity index is 3.30. The zero-order chi connectivity index (χ0) is 24.0. The van der Waals surface area contributed by atoms with Crippen molar-refractivity contribution >= 4 is 46.4 Å². The van der Waals surface area contributed by atoms with Crippen LogP contribution >= 0.6 is 22.6 Å². The van der Waals surface area contributed by atoms with Crippen LogP contribution in [-0.2, 0) is 16.0 Å². The molecule has 2 N–H and O–H groups in total. The van der Waals surface area contributed by atoms with Crippen LogP contribution in [0, 0.1) is 6.92 Å². The zero-order valence-electron chi connectivity index (χ0n) is 19.4. The van der Waals surface area contributed by atoms with Crippen molar-refractivity contribution in [1.82, 2.24) is 9.80 Å². The van der Waals surface area contributed by atoms with Gasteiger partial charge in [-0.2, -0.15) is 0 Å². The van der Waals surface area contributed by atoms with Crippen molar-refractivity contribution in [1.29, 1.82) is 0 Å². The number of nitrogens with zero attached hydrogens (tertiary/aromatic N) is 3. The summed E-state index contributed by atoms with van der Waals surface area (Å²) >= 11 is 2.16. The molecule has 9 heteroatoms. The quantitative estimate of drug-likeness (QED) is 0.174. The SMILES string of the molecule is C=CN(CI)C(N)=Nc1cccc(CN(C(=O)OC(C)(C)C)C(=O)OC(C)(C)C)c1C. The van der Waals surface area contributed by atoms with Crippen LogP contribution in [-0.4, -0.2) is 43.7 Å². The highest BCUT2D eigenvalue weighted by Gasteiger charge is 2.31. The first-order valence-corrected chi connectivity index (χ1v) is 11.3. The van der Waals surface area contributed by atoms with Gasteiger partial charge in [-0.15, -0.1) is 0 Å². The van der Waals surface area contributed by atoms with E-state index >= 15 is 0 Å². The number of rotatable bonds is 5. The number of halogens is 1. The van der Waals surface area contributed by atoms with E-state index in [0.29, 0.717) is 21.8 Å². The van der Waals surface area contributed by atoms with Gasteiger partial charge in [0.15, 0.2) is 0 Å². The van der Waals surface area contributed by atoms with E-state index < -0.39 is 23.4 Å². The molecule has 0 heterocycles. The number of alkyl halides is 1. The van der Waals surface area contributed by atoms with Gasteiger partial charge in [0.25, 0.3) is 0 Å². The summed E-state index contributed by atoms with van der Waals surface area (Å²) in [4.78, 5) is 32.7. The van der Waals surface area contributed by atoms with E-state index in [9.17, 15) is 9.59 Å². The highest BCUT2D eigenvalue weighted by atomic mass is 127. The van der Waals surface area contributed by atoms with Crippen molar-refractivity contribution in [3.63, 3.8) is 0 Å². The van der Waals surface area contributed by atoms with Gasteiger partial charge in [-0.3, -0.25) is 0 Å². The molecule has 0 spiro atoms. The molecule has 0 aliphatic rings. The van der Waals surface area contributed by atoms with E-state index in [0.717, 1.165) is 10.5 Å². The number of aliphatic imine (C=N–C) groups is 1. The molecular weight excluding hydrogens is 511 g/mol. The fourth-order valence-corrected chi connectivity index (χ4v) is 2.99. The standard InChI is InChI=1S/C22H33IN4O4/c1-9-26(14-23)18(24)25-17-12-10-11-16(15(17)2)13-27(19(28)30-21(3,4)5)20(29)31-22(6,7)8/h9-12H,1,13-14H2,2-8H3,(H2,24,25). The smallest absolute Gasteiger partial charge is 0.420 e. The van der Waals surface area contributed by atoms with Gasteiger partial charge in [-0.1, -0.05) is 41.3 Å². The Morgan fingerprint density at radius 3 is 2.06 bits per heavy atom. The second-order valence-corrected chi connectivity index (χ2v) is 9.53. The minimum absolute atomic E-state index is 0.0314. The number of amides is 2. The molecule has 172 valence electrons. The summed E-state index contributed by atoms with van der Waals surface area (Å²) in [5, 5.41) is 0. The summed E-state index contributed by atoms with van der Waals surface area (Å²) < 4.78 is 11.4. The molecule has 0 saturated heterocycles. The van der Waals surface area contributed by atoms with Gasteiger partial charge in [-0.25, -0.2) is 19.5 Å². The summed E-state index contributed by atoms with van der Waals surface area (Å²) in [6.07, 6.45) is 0.0339. The predicted molar refractivity (Wildman–Crippen MR) is 131 cm³/mol. The number of hydrogen-bond acceptors (Lipinski definition) is 5. The van der Waals surface area contributed by atoms with Crippen molar-refractivity contribution in [2.75, 3.05) is 4.55 Å². The molecule has 1 aromatic carbocycles. The minimum Gasteiger partial charge on any atom is -0.443 e. The van der Waals surface area contributed by atoms with Gasteiger partial charge in [0, 0.05) is 6.20 Å². The van der Waals surface area contributed by atoms with Gasteiger partial charge < -0.3 is 20.1 Å². The van der Waals surface area contributed by atoms with Crippen LogP contribution in [0.4, 0.5) is 15.3 Å². The third-order valence-corrected chi connectivity index (χ3v) is 4.59. The van der Waals surface area contributed by atoms with Gasteiger partial charge in [0.05, 0.1) is 16.8 Å². The number of guanidine groups is 1. The lowest BCUT2D eigenvalue weighted by Gasteiger charge is -2.29. The molecular formula is C22H33IN4O4. The van der Waals surface area contributed by atoms with Crippen molar-refractivity contribution in [2.45, 2.75) is 66.2 Å². The minimum atomic E-state index is -0.780. The number of hydrogen-bond donors (Lipinski definition) is 1. The number of nitrogens with two attached hydrogens (primary N) is 1. The monoisotopic (exact) mass is 544 g/mol. The second-order valence-electron chi connectivity index (χ2n) is 8.85. The molecule has 0 unspecified atom stereocenters. The Morgan fingerprint density at radius 1 is 1.13 bits per heavy atom. The molecule has 0 radical (unpaired) electrons. The van der Waals surface area contributed by atoms with Gasteiger partial charge in [0.1, 0.15) is 11.2 Å². The van der Waals surface area contributed by atoms with Crippen molar-refractivity contribution in [3.8, 4) is 0 Å². The molecule has 0 fully saturated rings. The molecule has 0 aliphatic heterocycles. The average Bonchev–Trinajstić information content (AvgIpc) is 2.60. The Hall–Kier alpha value is -2.30. The predicted octanol–water partition coefficient (Wildman–Crippen LogP) is 5.45. The number of imide groups is 1. The lowest BCUT2D eigenvalue weighted by Crippen LogP contribution is -2.43. The summed E-state index contributed by atoms with van der Waals surface area (Å²) in [5.41, 5.74) is 6.66. The molecule has 2 amide bonds. The Labute approximate surface area is 198 Å². The highest BCUT2D eigenvalue weighted by molar-refractivity contribution is 14.1. The maximum absolute atomic E-state index is 12.8. The Kier molecular flexibility index (Phi) is 9.34. The molecule has 0 saturated carbocycles. The third kappa shape index (κ3) is 8.76. The van der Waals surface area contributed by atoms with E-state index in [1.54, 1.807) is 58.7 Å². The Bertz CT molecular complexity index is 813. The summed E-state index contributed by atoms with van der Waals surface area (Å²) in [7, 11) is 0. The summed E-state index contributed by atoms with van der Waals surface area (Å²) in [6, 6.07) is 5.42. The molecule has 0 aliphatic carbocycles. The van der Waals surface area contributed by atoms with Crippen LogP contribution in [0.5, 0.6) is 0 Å². The number of carbonyl (C=O) groups is 2. The number of ether oxygens (including phenoxy) is 2. The summed E-state index contributed by atoms with van der Waals surface area (Å²) in [6.45, 7) is 16.0. The second kappa shape index (κ2) is 10.8. The fraction of sp³-hybridized carbons (Fsp3) is 0.500. The molecule has 0 aromatic heterocycles. The molecule has 0 atom stereocenters. The van der Waals surface area contributed by atoms with Crippen LogP contribution in [0.3, 0.4) is 0 Å². The molecule has 31 heavy (non-hydrogen) atoms. The number of carbonyl (C=O) groups excluding carboxylic acids is 2. The van der Waals surface area contributed by atoms with Crippen molar-refractivity contribution in [2.24, 2.45) is 10.7 Å². The van der Waals surface area contributed by atoms with Crippen LogP contribution < -0.4 is 5.73 Å². The third-order valence-electron chi connectivity index (χ3n) is 3.85. The topological polar surface area (TPSA) is 97.5 Å². The van der Waals surface area contributed by atoms with Gasteiger partial charge in [0.2, 0.25) is 5.96 Å². The van der Waals surface area contributed by atoms with Gasteiger partial charge >= 0.3 is 12.2 Å². The normalized spacial score (nSPS) is 12.2. The first-order valence-electron chi connectivity index (χ1n) is 9.80. The maximum Gasteiger partial charge on any atom is 0.420 e. The first kappa shape index (κ1) is 26.7. The maximum atomic E-state index is 12.8.